The summed E-state index contributed by atoms with van der Waals surface area (Å²) in [6, 6.07) is 11.9. The Kier molecular flexibility index (Phi) is 5.23. The van der Waals surface area contributed by atoms with Gasteiger partial charge < -0.3 is 15.5 Å². The summed E-state index contributed by atoms with van der Waals surface area (Å²) in [5.74, 6) is 0.000129. The Morgan fingerprint density at radius 1 is 1.08 bits per heavy atom. The third kappa shape index (κ3) is 3.86. The second kappa shape index (κ2) is 7.75. The topological polar surface area (TPSA) is 93.3 Å². The Balaban J connectivity index is 1.79. The highest BCUT2D eigenvalue weighted by atomic mass is 16.3. The van der Waals surface area contributed by atoms with Crippen molar-refractivity contribution >= 4 is 12.0 Å². The summed E-state index contributed by atoms with van der Waals surface area (Å²) in [5, 5.41) is 31.4. The molecule has 0 bridgehead atoms. The van der Waals surface area contributed by atoms with Gasteiger partial charge in [0.1, 0.15) is 23.1 Å². The quantitative estimate of drug-likeness (QED) is 0.584. The van der Waals surface area contributed by atoms with Crippen LogP contribution in [0.25, 0.3) is 6.08 Å². The summed E-state index contributed by atoms with van der Waals surface area (Å²) in [5.41, 5.74) is 3.62. The first-order chi connectivity index (χ1) is 12.6. The number of phenolic OH excluding ortho intramolecular Hbond substituents is 2. The molecule has 0 aliphatic heterocycles. The summed E-state index contributed by atoms with van der Waals surface area (Å²) in [7, 11) is 0. The SMILES string of the molecule is N#CC(=Cc1ccc(O)c2c1CCCC2)C(=O)NCc1ccc(O)cc1. The van der Waals surface area contributed by atoms with E-state index in [9.17, 15) is 20.3 Å². The van der Waals surface area contributed by atoms with Crippen LogP contribution in [0.15, 0.2) is 42.0 Å². The summed E-state index contributed by atoms with van der Waals surface area (Å²) >= 11 is 0. The molecule has 0 saturated heterocycles. The normalized spacial score (nSPS) is 13.6. The van der Waals surface area contributed by atoms with Gasteiger partial charge in [-0.05, 0) is 72.2 Å². The van der Waals surface area contributed by atoms with Crippen LogP contribution in [0.1, 0.15) is 35.1 Å². The van der Waals surface area contributed by atoms with Gasteiger partial charge in [0.25, 0.3) is 5.91 Å². The predicted octanol–water partition coefficient (Wildman–Crippen LogP) is 3.20. The van der Waals surface area contributed by atoms with Gasteiger partial charge in [0, 0.05) is 6.54 Å². The van der Waals surface area contributed by atoms with E-state index in [4.69, 9.17) is 0 Å². The molecule has 0 radical (unpaired) electrons. The molecule has 0 heterocycles. The van der Waals surface area contributed by atoms with Crippen LogP contribution < -0.4 is 5.32 Å². The number of hydrogen-bond donors (Lipinski definition) is 3. The molecule has 132 valence electrons. The lowest BCUT2D eigenvalue weighted by Gasteiger charge is -2.19. The number of nitriles is 1. The summed E-state index contributed by atoms with van der Waals surface area (Å²) < 4.78 is 0. The lowest BCUT2D eigenvalue weighted by Crippen LogP contribution is -2.24. The van der Waals surface area contributed by atoms with Crippen molar-refractivity contribution < 1.29 is 15.0 Å². The molecule has 1 amide bonds. The zero-order valence-electron chi connectivity index (χ0n) is 14.3. The number of rotatable bonds is 4. The Hall–Kier alpha value is -3.26. The molecule has 5 nitrogen and oxygen atoms in total. The standard InChI is InChI=1S/C21H20N2O3/c22-12-16(21(26)23-13-14-5-8-17(24)9-6-14)11-15-7-10-20(25)19-4-2-1-3-18(15)19/h5-11,24-25H,1-4,13H2,(H,23,26). The highest BCUT2D eigenvalue weighted by Crippen LogP contribution is 2.32. The van der Waals surface area contributed by atoms with Crippen LogP contribution in [0.5, 0.6) is 11.5 Å². The van der Waals surface area contributed by atoms with Gasteiger partial charge in [-0.15, -0.1) is 0 Å². The van der Waals surface area contributed by atoms with Crippen LogP contribution in [0.3, 0.4) is 0 Å². The molecule has 0 aromatic heterocycles. The van der Waals surface area contributed by atoms with Crippen molar-refractivity contribution in [3.05, 3.63) is 64.2 Å². The minimum atomic E-state index is -0.446. The number of amides is 1. The van der Waals surface area contributed by atoms with E-state index in [-0.39, 0.29) is 23.6 Å². The van der Waals surface area contributed by atoms with Crippen molar-refractivity contribution in [2.45, 2.75) is 32.2 Å². The minimum absolute atomic E-state index is 0.0299. The van der Waals surface area contributed by atoms with Gasteiger partial charge in [-0.2, -0.15) is 5.26 Å². The van der Waals surface area contributed by atoms with E-state index in [1.807, 2.05) is 6.07 Å². The molecule has 2 aromatic rings. The third-order valence-corrected chi connectivity index (χ3v) is 4.60. The summed E-state index contributed by atoms with van der Waals surface area (Å²) in [4.78, 5) is 12.4. The fraction of sp³-hybridized carbons (Fsp3) is 0.238. The number of nitrogens with zero attached hydrogens (tertiary/aromatic N) is 1. The highest BCUT2D eigenvalue weighted by molar-refractivity contribution is 6.01. The molecule has 1 aliphatic rings. The average Bonchev–Trinajstić information content (AvgIpc) is 2.67. The Labute approximate surface area is 152 Å². The molecule has 3 N–H and O–H groups in total. The summed E-state index contributed by atoms with van der Waals surface area (Å²) in [6.45, 7) is 0.270. The van der Waals surface area contributed by atoms with Crippen molar-refractivity contribution in [2.75, 3.05) is 0 Å². The van der Waals surface area contributed by atoms with E-state index in [0.29, 0.717) is 0 Å². The lowest BCUT2D eigenvalue weighted by molar-refractivity contribution is -0.117. The van der Waals surface area contributed by atoms with E-state index in [1.54, 1.807) is 42.5 Å². The van der Waals surface area contributed by atoms with Crippen LogP contribution in [-0.4, -0.2) is 16.1 Å². The Morgan fingerprint density at radius 3 is 2.46 bits per heavy atom. The lowest BCUT2D eigenvalue weighted by atomic mass is 9.87. The number of aromatic hydroxyl groups is 2. The van der Waals surface area contributed by atoms with Gasteiger partial charge in [0.05, 0.1) is 0 Å². The van der Waals surface area contributed by atoms with Crippen molar-refractivity contribution in [3.8, 4) is 17.6 Å². The second-order valence-corrected chi connectivity index (χ2v) is 6.36. The van der Waals surface area contributed by atoms with Crippen LogP contribution >= 0.6 is 0 Å². The highest BCUT2D eigenvalue weighted by Gasteiger charge is 2.17. The Bertz CT molecular complexity index is 893. The van der Waals surface area contributed by atoms with Crippen molar-refractivity contribution in [1.82, 2.24) is 5.32 Å². The molecular weight excluding hydrogens is 328 g/mol. The second-order valence-electron chi connectivity index (χ2n) is 6.36. The number of nitrogens with one attached hydrogen (secondary N) is 1. The number of carbonyl (C=O) groups excluding carboxylic acids is 1. The monoisotopic (exact) mass is 348 g/mol. The van der Waals surface area contributed by atoms with Gasteiger partial charge in [-0.1, -0.05) is 18.2 Å². The number of phenols is 2. The molecule has 0 spiro atoms. The Morgan fingerprint density at radius 2 is 1.77 bits per heavy atom. The smallest absolute Gasteiger partial charge is 0.262 e. The predicted molar refractivity (Wildman–Crippen MR) is 98.3 cm³/mol. The maximum Gasteiger partial charge on any atom is 0.262 e. The van der Waals surface area contributed by atoms with E-state index >= 15 is 0 Å². The van der Waals surface area contributed by atoms with Gasteiger partial charge in [-0.3, -0.25) is 4.79 Å². The van der Waals surface area contributed by atoms with Crippen molar-refractivity contribution in [1.29, 1.82) is 5.26 Å². The molecule has 26 heavy (non-hydrogen) atoms. The van der Waals surface area contributed by atoms with E-state index in [1.165, 1.54) is 0 Å². The summed E-state index contributed by atoms with van der Waals surface area (Å²) in [6.07, 6.45) is 5.31. The molecule has 5 heteroatoms. The molecule has 0 fully saturated rings. The fourth-order valence-electron chi connectivity index (χ4n) is 3.21. The van der Waals surface area contributed by atoms with Crippen molar-refractivity contribution in [3.63, 3.8) is 0 Å². The molecule has 0 atom stereocenters. The molecular formula is C21H20N2O3. The van der Waals surface area contributed by atoms with Crippen LogP contribution in [0, 0.1) is 11.3 Å². The molecule has 0 unspecified atom stereocenters. The first-order valence-electron chi connectivity index (χ1n) is 8.60. The average molecular weight is 348 g/mol. The first-order valence-corrected chi connectivity index (χ1v) is 8.60. The van der Waals surface area contributed by atoms with Gasteiger partial charge in [0.2, 0.25) is 0 Å². The number of benzene rings is 2. The van der Waals surface area contributed by atoms with Crippen LogP contribution in [0.2, 0.25) is 0 Å². The van der Waals surface area contributed by atoms with Crippen molar-refractivity contribution in [2.24, 2.45) is 0 Å². The molecule has 3 rings (SSSR count). The first kappa shape index (κ1) is 17.6. The molecule has 2 aromatic carbocycles. The number of carbonyl (C=O) groups is 1. The largest absolute Gasteiger partial charge is 0.508 e. The molecule has 1 aliphatic carbocycles. The minimum Gasteiger partial charge on any atom is -0.508 e. The number of hydrogen-bond acceptors (Lipinski definition) is 4. The van der Waals surface area contributed by atoms with E-state index < -0.39 is 5.91 Å². The molecule has 0 saturated carbocycles. The van der Waals surface area contributed by atoms with Gasteiger partial charge in [-0.25, -0.2) is 0 Å². The maximum absolute atomic E-state index is 12.4. The zero-order valence-corrected chi connectivity index (χ0v) is 14.3. The zero-order chi connectivity index (χ0) is 18.5. The third-order valence-electron chi connectivity index (χ3n) is 4.60. The maximum atomic E-state index is 12.4. The van der Waals surface area contributed by atoms with Gasteiger partial charge >= 0.3 is 0 Å². The van der Waals surface area contributed by atoms with Crippen LogP contribution in [-0.2, 0) is 24.2 Å². The van der Waals surface area contributed by atoms with E-state index in [2.05, 4.69) is 5.32 Å². The number of fused-ring (bicyclic) bond motifs is 1. The van der Waals surface area contributed by atoms with Gasteiger partial charge in [0.15, 0.2) is 0 Å². The fourth-order valence-corrected chi connectivity index (χ4v) is 3.21. The van der Waals surface area contributed by atoms with Crippen LogP contribution in [0.4, 0.5) is 0 Å². The van der Waals surface area contributed by atoms with E-state index in [0.717, 1.165) is 47.9 Å².